The summed E-state index contributed by atoms with van der Waals surface area (Å²) in [6, 6.07) is 0. The fourth-order valence-corrected chi connectivity index (χ4v) is 0.942. The maximum Gasteiger partial charge on any atom is 0.0515 e. The Kier molecular flexibility index (Phi) is 5.06. The molecule has 10 heavy (non-hydrogen) atoms. The zero-order valence-electron chi connectivity index (χ0n) is 7.02. The van der Waals surface area contributed by atoms with Crippen LogP contribution in [0.5, 0.6) is 0 Å². The molecule has 0 amide bonds. The fraction of sp³-hybridized carbons (Fsp3) is 0.778. The summed E-state index contributed by atoms with van der Waals surface area (Å²) >= 11 is 0. The van der Waals surface area contributed by atoms with Crippen LogP contribution < -0.4 is 0 Å². The molecule has 0 aromatic heterocycles. The van der Waals surface area contributed by atoms with Crippen LogP contribution in [0, 0.1) is 17.8 Å². The van der Waals surface area contributed by atoms with Gasteiger partial charge < -0.3 is 5.11 Å². The Morgan fingerprint density at radius 2 is 2.00 bits per heavy atom. The molecule has 0 saturated heterocycles. The third kappa shape index (κ3) is 5.65. The molecule has 0 bridgehead atoms. The van der Waals surface area contributed by atoms with Gasteiger partial charge in [-0.05, 0) is 26.2 Å². The first-order valence-electron chi connectivity index (χ1n) is 3.74. The van der Waals surface area contributed by atoms with Gasteiger partial charge in [0.05, 0.1) is 6.10 Å². The lowest BCUT2D eigenvalue weighted by Crippen LogP contribution is -2.06. The summed E-state index contributed by atoms with van der Waals surface area (Å²) < 4.78 is 0. The van der Waals surface area contributed by atoms with E-state index in [0.717, 1.165) is 12.8 Å². The average molecular weight is 140 g/mol. The molecule has 0 aromatic carbocycles. The highest BCUT2D eigenvalue weighted by molar-refractivity contribution is 4.95. The van der Waals surface area contributed by atoms with Crippen molar-refractivity contribution in [3.63, 3.8) is 0 Å². The SMILES string of the molecule is CC#CCC(C)CC(C)O. The van der Waals surface area contributed by atoms with Crippen LogP contribution in [0.3, 0.4) is 0 Å². The molecule has 0 aliphatic rings. The highest BCUT2D eigenvalue weighted by Gasteiger charge is 2.03. The summed E-state index contributed by atoms with van der Waals surface area (Å²) in [4.78, 5) is 0. The zero-order valence-corrected chi connectivity index (χ0v) is 7.02. The molecule has 0 aliphatic heterocycles. The lowest BCUT2D eigenvalue weighted by Gasteiger charge is -2.08. The summed E-state index contributed by atoms with van der Waals surface area (Å²) in [7, 11) is 0. The van der Waals surface area contributed by atoms with Crippen molar-refractivity contribution in [2.24, 2.45) is 5.92 Å². The van der Waals surface area contributed by atoms with E-state index in [-0.39, 0.29) is 6.10 Å². The van der Waals surface area contributed by atoms with Crippen LogP contribution in [0.1, 0.15) is 33.6 Å². The Morgan fingerprint density at radius 1 is 1.40 bits per heavy atom. The Balaban J connectivity index is 3.40. The van der Waals surface area contributed by atoms with Crippen molar-refractivity contribution >= 4 is 0 Å². The van der Waals surface area contributed by atoms with Crippen molar-refractivity contribution in [2.45, 2.75) is 39.7 Å². The Bertz CT molecular complexity index is 127. The second-order valence-electron chi connectivity index (χ2n) is 2.82. The van der Waals surface area contributed by atoms with Crippen molar-refractivity contribution < 1.29 is 5.11 Å². The van der Waals surface area contributed by atoms with Crippen molar-refractivity contribution in [1.82, 2.24) is 0 Å². The van der Waals surface area contributed by atoms with Crippen LogP contribution in [0.4, 0.5) is 0 Å². The smallest absolute Gasteiger partial charge is 0.0515 e. The van der Waals surface area contributed by atoms with Gasteiger partial charge in [-0.15, -0.1) is 11.8 Å². The van der Waals surface area contributed by atoms with Crippen LogP contribution in [-0.4, -0.2) is 11.2 Å². The molecule has 0 saturated carbocycles. The van der Waals surface area contributed by atoms with E-state index in [2.05, 4.69) is 18.8 Å². The Morgan fingerprint density at radius 3 is 2.40 bits per heavy atom. The van der Waals surface area contributed by atoms with Gasteiger partial charge in [0.15, 0.2) is 0 Å². The van der Waals surface area contributed by atoms with Gasteiger partial charge in [0.1, 0.15) is 0 Å². The minimum absolute atomic E-state index is 0.186. The highest BCUT2D eigenvalue weighted by atomic mass is 16.3. The number of rotatable bonds is 3. The number of hydrogen-bond acceptors (Lipinski definition) is 1. The summed E-state index contributed by atoms with van der Waals surface area (Å²) in [5, 5.41) is 8.97. The maximum atomic E-state index is 8.97. The minimum Gasteiger partial charge on any atom is -0.393 e. The van der Waals surface area contributed by atoms with Crippen LogP contribution in [0.2, 0.25) is 0 Å². The normalized spacial score (nSPS) is 15.2. The lowest BCUT2D eigenvalue weighted by molar-refractivity contribution is 0.165. The summed E-state index contributed by atoms with van der Waals surface area (Å²) in [5.74, 6) is 6.35. The first kappa shape index (κ1) is 9.52. The molecule has 0 aromatic rings. The van der Waals surface area contributed by atoms with Gasteiger partial charge in [-0.1, -0.05) is 6.92 Å². The molecule has 1 nitrogen and oxygen atoms in total. The van der Waals surface area contributed by atoms with E-state index >= 15 is 0 Å². The van der Waals surface area contributed by atoms with Gasteiger partial charge in [-0.25, -0.2) is 0 Å². The quantitative estimate of drug-likeness (QED) is 0.593. The molecule has 2 atom stereocenters. The molecule has 0 fully saturated rings. The Labute approximate surface area is 63.5 Å². The highest BCUT2D eigenvalue weighted by Crippen LogP contribution is 2.08. The van der Waals surface area contributed by atoms with Gasteiger partial charge >= 0.3 is 0 Å². The third-order valence-electron chi connectivity index (χ3n) is 1.37. The van der Waals surface area contributed by atoms with E-state index in [0.29, 0.717) is 5.92 Å². The fourth-order valence-electron chi connectivity index (χ4n) is 0.942. The monoisotopic (exact) mass is 140 g/mol. The number of hydrogen-bond donors (Lipinski definition) is 1. The Hall–Kier alpha value is -0.480. The van der Waals surface area contributed by atoms with Crippen LogP contribution >= 0.6 is 0 Å². The molecule has 2 unspecified atom stereocenters. The first-order chi connectivity index (χ1) is 4.66. The second kappa shape index (κ2) is 5.32. The average Bonchev–Trinajstić information content (AvgIpc) is 1.82. The summed E-state index contributed by atoms with van der Waals surface area (Å²) in [6.07, 6.45) is 1.57. The molecule has 1 heteroatoms. The van der Waals surface area contributed by atoms with Crippen LogP contribution in [0.15, 0.2) is 0 Å². The molecule has 0 heterocycles. The van der Waals surface area contributed by atoms with Crippen molar-refractivity contribution in [3.05, 3.63) is 0 Å². The molecule has 0 spiro atoms. The number of aliphatic hydroxyl groups excluding tert-OH is 1. The van der Waals surface area contributed by atoms with Gasteiger partial charge in [-0.3, -0.25) is 0 Å². The first-order valence-corrected chi connectivity index (χ1v) is 3.74. The lowest BCUT2D eigenvalue weighted by atomic mass is 10.0. The van der Waals surface area contributed by atoms with Crippen molar-refractivity contribution in [2.75, 3.05) is 0 Å². The summed E-state index contributed by atoms with van der Waals surface area (Å²) in [5.41, 5.74) is 0. The van der Waals surface area contributed by atoms with Crippen molar-refractivity contribution in [3.8, 4) is 11.8 Å². The number of aliphatic hydroxyl groups is 1. The standard InChI is InChI=1S/C9H16O/c1-4-5-6-8(2)7-9(3)10/h8-10H,6-7H2,1-3H3. The zero-order chi connectivity index (χ0) is 7.98. The van der Waals surface area contributed by atoms with Gasteiger partial charge in [0.25, 0.3) is 0 Å². The minimum atomic E-state index is -0.186. The van der Waals surface area contributed by atoms with Crippen molar-refractivity contribution in [1.29, 1.82) is 0 Å². The molecule has 0 rings (SSSR count). The van der Waals surface area contributed by atoms with Crippen LogP contribution in [-0.2, 0) is 0 Å². The third-order valence-corrected chi connectivity index (χ3v) is 1.37. The molecule has 0 radical (unpaired) electrons. The van der Waals surface area contributed by atoms with E-state index in [9.17, 15) is 0 Å². The molecular weight excluding hydrogens is 124 g/mol. The maximum absolute atomic E-state index is 8.97. The van der Waals surface area contributed by atoms with E-state index in [1.165, 1.54) is 0 Å². The van der Waals surface area contributed by atoms with E-state index in [1.807, 2.05) is 13.8 Å². The van der Waals surface area contributed by atoms with Crippen LogP contribution in [0.25, 0.3) is 0 Å². The van der Waals surface area contributed by atoms with E-state index < -0.39 is 0 Å². The molecule has 0 aliphatic carbocycles. The van der Waals surface area contributed by atoms with Gasteiger partial charge in [-0.2, -0.15) is 0 Å². The summed E-state index contributed by atoms with van der Waals surface area (Å²) in [6.45, 7) is 5.77. The molecular formula is C9H16O. The van der Waals surface area contributed by atoms with Gasteiger partial charge in [0.2, 0.25) is 0 Å². The largest absolute Gasteiger partial charge is 0.393 e. The second-order valence-corrected chi connectivity index (χ2v) is 2.82. The predicted octanol–water partition coefficient (Wildman–Crippen LogP) is 1.81. The predicted molar refractivity (Wildman–Crippen MR) is 43.5 cm³/mol. The topological polar surface area (TPSA) is 20.2 Å². The van der Waals surface area contributed by atoms with E-state index in [4.69, 9.17) is 5.11 Å². The molecule has 58 valence electrons. The van der Waals surface area contributed by atoms with Gasteiger partial charge in [0, 0.05) is 6.42 Å². The molecule has 1 N–H and O–H groups in total. The van der Waals surface area contributed by atoms with E-state index in [1.54, 1.807) is 0 Å².